The van der Waals surface area contributed by atoms with Gasteiger partial charge in [-0.2, -0.15) is 5.10 Å². The topological polar surface area (TPSA) is 95.6 Å². The number of aromatic amines is 1. The van der Waals surface area contributed by atoms with Crippen molar-refractivity contribution in [1.29, 1.82) is 0 Å². The molecule has 1 amide bonds. The molecule has 0 aliphatic heterocycles. The van der Waals surface area contributed by atoms with E-state index in [1.165, 1.54) is 6.20 Å². The highest BCUT2D eigenvalue weighted by molar-refractivity contribution is 6.03. The van der Waals surface area contributed by atoms with E-state index in [0.717, 1.165) is 11.4 Å². The number of rotatable bonds is 3. The van der Waals surface area contributed by atoms with E-state index in [1.54, 1.807) is 13.2 Å². The van der Waals surface area contributed by atoms with Gasteiger partial charge in [-0.15, -0.1) is 0 Å². The lowest BCUT2D eigenvalue weighted by Gasteiger charge is -2.05. The van der Waals surface area contributed by atoms with E-state index in [2.05, 4.69) is 30.8 Å². The third-order valence-electron chi connectivity index (χ3n) is 2.49. The normalized spacial score (nSPS) is 10.2. The molecule has 0 spiro atoms. The molecule has 0 fully saturated rings. The molecule has 0 aliphatic rings. The fourth-order valence-electron chi connectivity index (χ4n) is 1.51. The summed E-state index contributed by atoms with van der Waals surface area (Å²) in [6, 6.07) is 0. The third-order valence-corrected chi connectivity index (χ3v) is 2.49. The maximum absolute atomic E-state index is 12.0. The number of hydrogen-bond donors (Lipinski definition) is 3. The van der Waals surface area contributed by atoms with Crippen LogP contribution in [0.3, 0.4) is 0 Å². The number of carbonyl (C=O) groups is 1. The predicted molar refractivity (Wildman–Crippen MR) is 67.6 cm³/mol. The second-order valence-corrected chi connectivity index (χ2v) is 3.80. The van der Waals surface area contributed by atoms with Gasteiger partial charge in [-0.25, -0.2) is 4.98 Å². The summed E-state index contributed by atoms with van der Waals surface area (Å²) in [6.07, 6.45) is 2.96. The minimum absolute atomic E-state index is 0.252. The van der Waals surface area contributed by atoms with Gasteiger partial charge in [-0.05, 0) is 13.8 Å². The van der Waals surface area contributed by atoms with Crippen molar-refractivity contribution in [2.75, 3.05) is 17.7 Å². The number of aromatic nitrogens is 4. The Morgan fingerprint density at radius 3 is 2.72 bits per heavy atom. The van der Waals surface area contributed by atoms with Crippen LogP contribution >= 0.6 is 0 Å². The van der Waals surface area contributed by atoms with Crippen molar-refractivity contribution in [3.05, 3.63) is 29.5 Å². The van der Waals surface area contributed by atoms with E-state index in [-0.39, 0.29) is 11.6 Å². The SMILES string of the molecule is CNc1cncc(C(=O)Nc2c(C)n[nH]c2C)n1. The monoisotopic (exact) mass is 246 g/mol. The summed E-state index contributed by atoms with van der Waals surface area (Å²) in [6.45, 7) is 3.65. The molecular weight excluding hydrogens is 232 g/mol. The van der Waals surface area contributed by atoms with Crippen molar-refractivity contribution in [2.24, 2.45) is 0 Å². The number of carbonyl (C=O) groups excluding carboxylic acids is 1. The molecule has 18 heavy (non-hydrogen) atoms. The van der Waals surface area contributed by atoms with Gasteiger partial charge >= 0.3 is 0 Å². The number of H-pyrrole nitrogens is 1. The number of aryl methyl sites for hydroxylation is 2. The van der Waals surface area contributed by atoms with Gasteiger partial charge in [0.05, 0.1) is 29.5 Å². The number of nitrogens with one attached hydrogen (secondary N) is 3. The third kappa shape index (κ3) is 2.29. The van der Waals surface area contributed by atoms with E-state index >= 15 is 0 Å². The van der Waals surface area contributed by atoms with Crippen LogP contribution in [0.25, 0.3) is 0 Å². The van der Waals surface area contributed by atoms with Crippen molar-refractivity contribution in [3.8, 4) is 0 Å². The lowest BCUT2D eigenvalue weighted by molar-refractivity contribution is 0.102. The van der Waals surface area contributed by atoms with E-state index < -0.39 is 0 Å². The number of amides is 1. The Bertz CT molecular complexity index is 557. The van der Waals surface area contributed by atoms with Gasteiger partial charge in [0.1, 0.15) is 11.5 Å². The average Bonchev–Trinajstić information content (AvgIpc) is 2.70. The van der Waals surface area contributed by atoms with Crippen molar-refractivity contribution < 1.29 is 4.79 Å². The number of anilines is 2. The minimum atomic E-state index is -0.313. The lowest BCUT2D eigenvalue weighted by atomic mass is 10.3. The van der Waals surface area contributed by atoms with Gasteiger partial charge in [0, 0.05) is 7.05 Å². The zero-order valence-corrected chi connectivity index (χ0v) is 10.4. The zero-order chi connectivity index (χ0) is 13.1. The van der Waals surface area contributed by atoms with E-state index in [0.29, 0.717) is 11.5 Å². The molecule has 0 saturated heterocycles. The van der Waals surface area contributed by atoms with E-state index in [4.69, 9.17) is 0 Å². The second-order valence-electron chi connectivity index (χ2n) is 3.80. The molecule has 0 radical (unpaired) electrons. The highest BCUT2D eigenvalue weighted by atomic mass is 16.1. The van der Waals surface area contributed by atoms with Crippen LogP contribution in [0.15, 0.2) is 12.4 Å². The first-order valence-corrected chi connectivity index (χ1v) is 5.44. The number of hydrogen-bond acceptors (Lipinski definition) is 5. The Balaban J connectivity index is 2.22. The summed E-state index contributed by atoms with van der Waals surface area (Å²) < 4.78 is 0. The molecule has 7 nitrogen and oxygen atoms in total. The van der Waals surface area contributed by atoms with Crippen molar-refractivity contribution >= 4 is 17.4 Å². The number of nitrogens with zero attached hydrogens (tertiary/aromatic N) is 3. The average molecular weight is 246 g/mol. The Hall–Kier alpha value is -2.44. The van der Waals surface area contributed by atoms with Crippen LogP contribution in [-0.4, -0.2) is 33.1 Å². The minimum Gasteiger partial charge on any atom is -0.372 e. The maximum atomic E-state index is 12.0. The molecule has 2 aromatic heterocycles. The highest BCUT2D eigenvalue weighted by Gasteiger charge is 2.13. The Morgan fingerprint density at radius 1 is 1.33 bits per heavy atom. The molecule has 2 rings (SSSR count). The van der Waals surface area contributed by atoms with Gasteiger partial charge in [0.25, 0.3) is 5.91 Å². The van der Waals surface area contributed by atoms with Crippen LogP contribution in [-0.2, 0) is 0 Å². The van der Waals surface area contributed by atoms with Crippen LogP contribution in [0.4, 0.5) is 11.5 Å². The van der Waals surface area contributed by atoms with E-state index in [9.17, 15) is 4.79 Å². The Morgan fingerprint density at radius 2 is 2.11 bits per heavy atom. The largest absolute Gasteiger partial charge is 0.372 e. The highest BCUT2D eigenvalue weighted by Crippen LogP contribution is 2.16. The Kier molecular flexibility index (Phi) is 3.22. The van der Waals surface area contributed by atoms with E-state index in [1.807, 2.05) is 13.8 Å². The molecular formula is C11H14N6O. The smallest absolute Gasteiger partial charge is 0.276 e. The Labute approximate surface area is 104 Å². The van der Waals surface area contributed by atoms with Crippen LogP contribution in [0.5, 0.6) is 0 Å². The van der Waals surface area contributed by atoms with Crippen LogP contribution < -0.4 is 10.6 Å². The molecule has 94 valence electrons. The quantitative estimate of drug-likeness (QED) is 0.754. The predicted octanol–water partition coefficient (Wildman–Crippen LogP) is 1.11. The molecule has 2 aromatic rings. The maximum Gasteiger partial charge on any atom is 0.276 e. The van der Waals surface area contributed by atoms with Gasteiger partial charge < -0.3 is 10.6 Å². The summed E-state index contributed by atoms with van der Waals surface area (Å²) in [4.78, 5) is 20.1. The van der Waals surface area contributed by atoms with Crippen LogP contribution in [0.1, 0.15) is 21.9 Å². The summed E-state index contributed by atoms with van der Waals surface area (Å²) in [5.41, 5.74) is 2.47. The molecule has 3 N–H and O–H groups in total. The summed E-state index contributed by atoms with van der Waals surface area (Å²) in [7, 11) is 1.72. The fourth-order valence-corrected chi connectivity index (χ4v) is 1.51. The molecule has 2 heterocycles. The molecule has 0 aromatic carbocycles. The van der Waals surface area contributed by atoms with Gasteiger partial charge in [0.15, 0.2) is 0 Å². The first-order valence-electron chi connectivity index (χ1n) is 5.44. The van der Waals surface area contributed by atoms with Gasteiger partial charge in [-0.1, -0.05) is 0 Å². The van der Waals surface area contributed by atoms with Crippen LogP contribution in [0.2, 0.25) is 0 Å². The molecule has 0 unspecified atom stereocenters. The van der Waals surface area contributed by atoms with Crippen molar-refractivity contribution in [3.63, 3.8) is 0 Å². The van der Waals surface area contributed by atoms with Crippen molar-refractivity contribution in [1.82, 2.24) is 20.2 Å². The summed E-state index contributed by atoms with van der Waals surface area (Å²) in [5.74, 6) is 0.232. The first-order chi connectivity index (χ1) is 8.61. The van der Waals surface area contributed by atoms with Gasteiger partial charge in [-0.3, -0.25) is 14.9 Å². The van der Waals surface area contributed by atoms with Crippen LogP contribution in [0, 0.1) is 13.8 Å². The first kappa shape index (κ1) is 12.0. The molecule has 0 aliphatic carbocycles. The summed E-state index contributed by atoms with van der Waals surface area (Å²) in [5, 5.41) is 12.4. The fraction of sp³-hybridized carbons (Fsp3) is 0.273. The standard InChI is InChI=1S/C11H14N6O/c1-6-10(7(2)17-16-6)15-11(18)8-4-13-5-9(12-3)14-8/h4-5H,1-3H3,(H,12,14)(H,15,18)(H,16,17). The zero-order valence-electron chi connectivity index (χ0n) is 10.4. The molecule has 0 bridgehead atoms. The molecule has 0 saturated carbocycles. The lowest BCUT2D eigenvalue weighted by Crippen LogP contribution is -2.15. The van der Waals surface area contributed by atoms with Crippen molar-refractivity contribution in [2.45, 2.75) is 13.8 Å². The van der Waals surface area contributed by atoms with Gasteiger partial charge in [0.2, 0.25) is 0 Å². The molecule has 0 atom stereocenters. The second kappa shape index (κ2) is 4.82. The summed E-state index contributed by atoms with van der Waals surface area (Å²) >= 11 is 0. The molecule has 7 heteroatoms.